The van der Waals surface area contributed by atoms with Gasteiger partial charge in [-0.15, -0.1) is 0 Å². The summed E-state index contributed by atoms with van der Waals surface area (Å²) in [5.41, 5.74) is 1.29. The van der Waals surface area contributed by atoms with Crippen molar-refractivity contribution in [2.45, 2.75) is 32.4 Å². The van der Waals surface area contributed by atoms with E-state index in [-0.39, 0.29) is 0 Å². The summed E-state index contributed by atoms with van der Waals surface area (Å²) in [5.74, 6) is 2.13. The van der Waals surface area contributed by atoms with Crippen molar-refractivity contribution in [1.29, 1.82) is 0 Å². The largest absolute Gasteiger partial charge is 0.379 e. The third-order valence-corrected chi connectivity index (χ3v) is 5.95. The lowest BCUT2D eigenvalue weighted by molar-refractivity contribution is 0.0195. The Kier molecular flexibility index (Phi) is 7.37. The monoisotopic (exact) mass is 410 g/mol. The highest BCUT2D eigenvalue weighted by Crippen LogP contribution is 2.17. The number of benzene rings is 1. The minimum absolute atomic E-state index is 0.613. The summed E-state index contributed by atoms with van der Waals surface area (Å²) in [7, 11) is 0. The van der Waals surface area contributed by atoms with Crippen LogP contribution in [-0.2, 0) is 17.7 Å². The van der Waals surface area contributed by atoms with Crippen molar-refractivity contribution in [3.8, 4) is 0 Å². The zero-order valence-electron chi connectivity index (χ0n) is 18.0. The molecule has 1 aromatic carbocycles. The highest BCUT2D eigenvalue weighted by Gasteiger charge is 2.30. The van der Waals surface area contributed by atoms with Crippen molar-refractivity contribution < 1.29 is 4.74 Å². The summed E-state index contributed by atoms with van der Waals surface area (Å²) < 4.78 is 7.73. The van der Waals surface area contributed by atoms with Crippen LogP contribution in [0.3, 0.4) is 0 Å². The van der Waals surface area contributed by atoms with Crippen LogP contribution >= 0.6 is 0 Å². The van der Waals surface area contributed by atoms with Crippen LogP contribution in [0, 0.1) is 0 Å². The fraction of sp³-hybridized carbons (Fsp3) is 0.565. The lowest BCUT2D eigenvalue weighted by Crippen LogP contribution is -2.46. The van der Waals surface area contributed by atoms with Crippen molar-refractivity contribution in [3.05, 3.63) is 54.1 Å². The molecule has 0 amide bonds. The highest BCUT2D eigenvalue weighted by atomic mass is 16.5. The molecule has 2 fully saturated rings. The van der Waals surface area contributed by atoms with Crippen molar-refractivity contribution >= 4 is 5.96 Å². The molecule has 0 saturated carbocycles. The van der Waals surface area contributed by atoms with Crippen molar-refractivity contribution in [2.24, 2.45) is 4.99 Å². The summed E-state index contributed by atoms with van der Waals surface area (Å²) in [6, 6.07) is 11.1. The van der Waals surface area contributed by atoms with Gasteiger partial charge in [-0.3, -0.25) is 9.89 Å². The smallest absolute Gasteiger partial charge is 0.193 e. The first-order chi connectivity index (χ1) is 14.8. The molecule has 2 aromatic rings. The molecule has 2 aliphatic rings. The van der Waals surface area contributed by atoms with E-state index in [2.05, 4.69) is 68.1 Å². The molecular formula is C23H34N6O. The molecule has 0 radical (unpaired) electrons. The number of aromatic nitrogens is 2. The topological polar surface area (TPSA) is 57.9 Å². The maximum atomic E-state index is 5.51. The van der Waals surface area contributed by atoms with Crippen LogP contribution in [0.15, 0.2) is 47.7 Å². The van der Waals surface area contributed by atoms with E-state index < -0.39 is 0 Å². The molecule has 162 valence electrons. The third-order valence-electron chi connectivity index (χ3n) is 5.95. The van der Waals surface area contributed by atoms with E-state index in [0.29, 0.717) is 6.04 Å². The number of hydrogen-bond donors (Lipinski definition) is 1. The minimum Gasteiger partial charge on any atom is -0.379 e. The molecule has 7 heteroatoms. The van der Waals surface area contributed by atoms with Gasteiger partial charge in [0.2, 0.25) is 0 Å². The van der Waals surface area contributed by atoms with Crippen LogP contribution in [0.1, 0.15) is 24.7 Å². The maximum absolute atomic E-state index is 5.51. The predicted octanol–water partition coefficient (Wildman–Crippen LogP) is 1.85. The van der Waals surface area contributed by atoms with Crippen LogP contribution in [0.25, 0.3) is 0 Å². The predicted molar refractivity (Wildman–Crippen MR) is 120 cm³/mol. The molecular weight excluding hydrogens is 376 g/mol. The summed E-state index contributed by atoms with van der Waals surface area (Å²) in [5, 5.41) is 3.49. The number of likely N-dealkylation sites (tertiary alicyclic amines) is 1. The van der Waals surface area contributed by atoms with E-state index in [0.717, 1.165) is 77.2 Å². The van der Waals surface area contributed by atoms with Gasteiger partial charge in [0.05, 0.1) is 13.2 Å². The highest BCUT2D eigenvalue weighted by molar-refractivity contribution is 5.80. The van der Waals surface area contributed by atoms with Crippen molar-refractivity contribution in [3.63, 3.8) is 0 Å². The quantitative estimate of drug-likeness (QED) is 0.558. The number of nitrogens with one attached hydrogen (secondary N) is 1. The number of rotatable bonds is 7. The molecule has 0 bridgehead atoms. The van der Waals surface area contributed by atoms with Crippen LogP contribution < -0.4 is 5.32 Å². The second-order valence-electron chi connectivity index (χ2n) is 7.98. The number of aliphatic imine (C=N–C) groups is 1. The molecule has 7 nitrogen and oxygen atoms in total. The zero-order chi connectivity index (χ0) is 20.6. The first-order valence-electron chi connectivity index (χ1n) is 11.2. The average Bonchev–Trinajstić information content (AvgIpc) is 3.45. The van der Waals surface area contributed by atoms with Gasteiger partial charge >= 0.3 is 0 Å². The molecule has 2 saturated heterocycles. The van der Waals surface area contributed by atoms with Crippen molar-refractivity contribution in [1.82, 2.24) is 24.7 Å². The van der Waals surface area contributed by atoms with Crippen LogP contribution in [0.4, 0.5) is 0 Å². The van der Waals surface area contributed by atoms with Crippen molar-refractivity contribution in [2.75, 3.05) is 52.5 Å². The Hall–Kier alpha value is -2.38. The van der Waals surface area contributed by atoms with Crippen LogP contribution in [-0.4, -0.2) is 83.8 Å². The molecule has 3 heterocycles. The molecule has 30 heavy (non-hydrogen) atoms. The van der Waals surface area contributed by atoms with Gasteiger partial charge in [-0.25, -0.2) is 4.98 Å². The van der Waals surface area contributed by atoms with Crippen LogP contribution in [0.2, 0.25) is 0 Å². The van der Waals surface area contributed by atoms with E-state index in [1.165, 1.54) is 12.0 Å². The number of hydrogen-bond acceptors (Lipinski definition) is 4. The summed E-state index contributed by atoms with van der Waals surface area (Å²) >= 11 is 0. The minimum atomic E-state index is 0.613. The maximum Gasteiger partial charge on any atom is 0.193 e. The van der Waals surface area contributed by atoms with Gasteiger partial charge < -0.3 is 19.5 Å². The molecule has 1 atom stereocenters. The summed E-state index contributed by atoms with van der Waals surface area (Å²) in [4.78, 5) is 14.5. The SMILES string of the molecule is CCNC(=NCCc1nccn1Cc1ccccc1)N1CCC(N2CCOCC2)C1. The lowest BCUT2D eigenvalue weighted by atomic mass is 10.2. The molecule has 4 rings (SSSR count). The van der Waals surface area contributed by atoms with E-state index >= 15 is 0 Å². The van der Waals surface area contributed by atoms with E-state index in [4.69, 9.17) is 9.73 Å². The number of imidazole rings is 1. The van der Waals surface area contributed by atoms with E-state index in [9.17, 15) is 0 Å². The Morgan fingerprint density at radius 3 is 2.83 bits per heavy atom. The van der Waals surface area contributed by atoms with Gasteiger partial charge in [-0.05, 0) is 18.9 Å². The lowest BCUT2D eigenvalue weighted by Gasteiger charge is -2.32. The Labute approximate surface area is 179 Å². The van der Waals surface area contributed by atoms with Crippen LogP contribution in [0.5, 0.6) is 0 Å². The third kappa shape index (κ3) is 5.40. The van der Waals surface area contributed by atoms with Gasteiger partial charge in [0.15, 0.2) is 5.96 Å². The fourth-order valence-electron chi connectivity index (χ4n) is 4.35. The summed E-state index contributed by atoms with van der Waals surface area (Å²) in [6.07, 6.45) is 5.99. The number of nitrogens with zero attached hydrogens (tertiary/aromatic N) is 5. The Morgan fingerprint density at radius 2 is 2.03 bits per heavy atom. The first-order valence-corrected chi connectivity index (χ1v) is 11.2. The normalized spacial score (nSPS) is 20.6. The Bertz CT molecular complexity index is 799. The van der Waals surface area contributed by atoms with E-state index in [1.807, 2.05) is 6.20 Å². The Morgan fingerprint density at radius 1 is 1.20 bits per heavy atom. The fourth-order valence-corrected chi connectivity index (χ4v) is 4.35. The zero-order valence-corrected chi connectivity index (χ0v) is 18.0. The molecule has 1 unspecified atom stereocenters. The van der Waals surface area contributed by atoms with Gasteiger partial charge in [-0.2, -0.15) is 0 Å². The molecule has 1 aromatic heterocycles. The second-order valence-corrected chi connectivity index (χ2v) is 7.98. The second kappa shape index (κ2) is 10.6. The Balaban J connectivity index is 1.33. The van der Waals surface area contributed by atoms with E-state index in [1.54, 1.807) is 0 Å². The summed E-state index contributed by atoms with van der Waals surface area (Å²) in [6.45, 7) is 10.6. The molecule has 0 spiro atoms. The molecule has 2 aliphatic heterocycles. The molecule has 1 N–H and O–H groups in total. The van der Waals surface area contributed by atoms with Gasteiger partial charge in [0.25, 0.3) is 0 Å². The average molecular weight is 411 g/mol. The standard InChI is InChI=1S/C23H34N6O/c1-2-24-23(29-12-9-21(19-29)27-14-16-30-17-15-27)26-10-8-22-25-11-13-28(22)18-20-6-4-3-5-7-20/h3-7,11,13,21H,2,8-10,12,14-19H2,1H3,(H,24,26). The van der Waals surface area contributed by atoms with Gasteiger partial charge in [-0.1, -0.05) is 30.3 Å². The molecule has 0 aliphatic carbocycles. The number of morpholine rings is 1. The van der Waals surface area contributed by atoms with Gasteiger partial charge in [0, 0.05) is 70.7 Å². The number of ether oxygens (including phenoxy) is 1. The van der Waals surface area contributed by atoms with Gasteiger partial charge in [0.1, 0.15) is 5.82 Å². The first kappa shape index (κ1) is 20.9. The number of guanidine groups is 1.